The zero-order valence-corrected chi connectivity index (χ0v) is 12.3. The van der Waals surface area contributed by atoms with E-state index in [1.807, 2.05) is 6.07 Å². The number of piperidine rings is 1. The van der Waals surface area contributed by atoms with Crippen molar-refractivity contribution >= 4 is 11.6 Å². The third kappa shape index (κ3) is 1.87. The van der Waals surface area contributed by atoms with Crippen LogP contribution in [0, 0.1) is 5.82 Å². The largest absolute Gasteiger partial charge is 0.369 e. The molecule has 3 aliphatic rings. The van der Waals surface area contributed by atoms with Gasteiger partial charge in [-0.2, -0.15) is 0 Å². The number of rotatable bonds is 1. The van der Waals surface area contributed by atoms with E-state index in [9.17, 15) is 4.39 Å². The molecule has 1 aromatic carbocycles. The number of halogens is 1. The Morgan fingerprint density at radius 2 is 2.00 bits per heavy atom. The summed E-state index contributed by atoms with van der Waals surface area (Å²) in [5, 5.41) is 0. The van der Waals surface area contributed by atoms with Gasteiger partial charge in [0.25, 0.3) is 0 Å². The van der Waals surface area contributed by atoms with Crippen LogP contribution in [0.5, 0.6) is 0 Å². The van der Waals surface area contributed by atoms with E-state index >= 15 is 0 Å². The number of benzene rings is 1. The van der Waals surface area contributed by atoms with Crippen LogP contribution in [0.2, 0.25) is 0 Å². The smallest absolute Gasteiger partial charge is 0.196 e. The fourth-order valence-electron chi connectivity index (χ4n) is 4.49. The predicted molar refractivity (Wildman–Crippen MR) is 81.9 cm³/mol. The summed E-state index contributed by atoms with van der Waals surface area (Å²) in [5.74, 6) is 0.308. The first kappa shape index (κ1) is 13.1. The van der Waals surface area contributed by atoms with E-state index in [1.54, 1.807) is 12.1 Å². The number of nitrogens with two attached hydrogens (primary N) is 1. The van der Waals surface area contributed by atoms with Crippen molar-refractivity contribution < 1.29 is 4.39 Å². The number of fused-ring (bicyclic) bond motifs is 2. The van der Waals surface area contributed by atoms with Crippen LogP contribution in [0.4, 0.5) is 10.1 Å². The summed E-state index contributed by atoms with van der Waals surface area (Å²) >= 11 is 0. The summed E-state index contributed by atoms with van der Waals surface area (Å²) < 4.78 is 13.6. The highest BCUT2D eigenvalue weighted by molar-refractivity contribution is 5.98. The minimum absolute atomic E-state index is 0.0593. The average molecular weight is 288 g/mol. The summed E-state index contributed by atoms with van der Waals surface area (Å²) in [6.45, 7) is 0.732. The molecule has 0 saturated carbocycles. The van der Waals surface area contributed by atoms with Crippen LogP contribution in [0.15, 0.2) is 29.3 Å². The van der Waals surface area contributed by atoms with Crippen LogP contribution >= 0.6 is 0 Å². The lowest BCUT2D eigenvalue weighted by molar-refractivity contribution is 0.122. The molecule has 1 spiro atoms. The molecular weight excluding hydrogens is 267 g/mol. The average Bonchev–Trinajstić information content (AvgIpc) is 2.85. The molecule has 1 aromatic rings. The molecule has 2 atom stereocenters. The van der Waals surface area contributed by atoms with E-state index in [4.69, 9.17) is 5.73 Å². The lowest BCUT2D eigenvalue weighted by Crippen LogP contribution is -2.60. The molecular formula is C16H21FN4. The maximum absolute atomic E-state index is 13.6. The molecule has 2 unspecified atom stereocenters. The Bertz CT molecular complexity index is 586. The number of hydrogen-bond acceptors (Lipinski definition) is 4. The fourth-order valence-corrected chi connectivity index (χ4v) is 4.49. The van der Waals surface area contributed by atoms with Crippen molar-refractivity contribution in [1.82, 2.24) is 4.90 Å². The molecule has 2 N–H and O–H groups in total. The normalized spacial score (nSPS) is 35.5. The van der Waals surface area contributed by atoms with Crippen molar-refractivity contribution in [2.24, 2.45) is 10.7 Å². The molecule has 5 heteroatoms. The second kappa shape index (κ2) is 4.44. The molecule has 0 aliphatic carbocycles. The molecule has 2 bridgehead atoms. The van der Waals surface area contributed by atoms with E-state index in [1.165, 1.54) is 18.9 Å². The Hall–Kier alpha value is -1.62. The van der Waals surface area contributed by atoms with E-state index in [2.05, 4.69) is 21.8 Å². The molecule has 2 fully saturated rings. The van der Waals surface area contributed by atoms with E-state index in [-0.39, 0.29) is 11.4 Å². The summed E-state index contributed by atoms with van der Waals surface area (Å²) in [6, 6.07) is 7.90. The van der Waals surface area contributed by atoms with Gasteiger partial charge in [-0.3, -0.25) is 4.99 Å². The van der Waals surface area contributed by atoms with E-state index < -0.39 is 0 Å². The van der Waals surface area contributed by atoms with Gasteiger partial charge in [0.05, 0.1) is 12.1 Å². The predicted octanol–water partition coefficient (Wildman–Crippen LogP) is 1.96. The Morgan fingerprint density at radius 1 is 1.29 bits per heavy atom. The van der Waals surface area contributed by atoms with Gasteiger partial charge in [-0.15, -0.1) is 0 Å². The molecule has 4 nitrogen and oxygen atoms in total. The van der Waals surface area contributed by atoms with Crippen LogP contribution < -0.4 is 10.6 Å². The number of nitrogens with zero attached hydrogens (tertiary/aromatic N) is 3. The van der Waals surface area contributed by atoms with Crippen molar-refractivity contribution in [2.75, 3.05) is 18.5 Å². The zero-order chi connectivity index (χ0) is 14.6. The van der Waals surface area contributed by atoms with Crippen molar-refractivity contribution in [1.29, 1.82) is 0 Å². The topological polar surface area (TPSA) is 44.9 Å². The Labute approximate surface area is 124 Å². The first-order chi connectivity index (χ1) is 10.1. The van der Waals surface area contributed by atoms with Crippen molar-refractivity contribution in [3.8, 4) is 0 Å². The van der Waals surface area contributed by atoms with Crippen LogP contribution in [-0.4, -0.2) is 42.1 Å². The van der Waals surface area contributed by atoms with Crippen LogP contribution in [0.25, 0.3) is 0 Å². The molecule has 112 valence electrons. The first-order valence-electron chi connectivity index (χ1n) is 7.67. The van der Waals surface area contributed by atoms with Crippen molar-refractivity contribution in [3.05, 3.63) is 30.1 Å². The van der Waals surface area contributed by atoms with Gasteiger partial charge in [-0.1, -0.05) is 6.07 Å². The molecule has 0 amide bonds. The quantitative estimate of drug-likeness (QED) is 0.859. The summed E-state index contributed by atoms with van der Waals surface area (Å²) in [4.78, 5) is 9.10. The van der Waals surface area contributed by atoms with Gasteiger partial charge >= 0.3 is 0 Å². The molecule has 2 saturated heterocycles. The number of hydrogen-bond donors (Lipinski definition) is 1. The molecule has 21 heavy (non-hydrogen) atoms. The zero-order valence-electron chi connectivity index (χ0n) is 12.3. The second-order valence-corrected chi connectivity index (χ2v) is 6.67. The highest BCUT2D eigenvalue weighted by Gasteiger charge is 2.52. The highest BCUT2D eigenvalue weighted by Crippen LogP contribution is 2.46. The lowest BCUT2D eigenvalue weighted by atomic mass is 9.82. The molecule has 4 rings (SSSR count). The van der Waals surface area contributed by atoms with Crippen LogP contribution in [0.3, 0.4) is 0 Å². The SMILES string of the molecule is CN1C2CCC1CC1(CN=C(N)N1c1cccc(F)c1)C2. The number of anilines is 1. The molecule has 3 aliphatic heterocycles. The monoisotopic (exact) mass is 288 g/mol. The maximum atomic E-state index is 13.6. The lowest BCUT2D eigenvalue weighted by Gasteiger charge is -2.48. The molecule has 3 heterocycles. The van der Waals surface area contributed by atoms with E-state index in [0.717, 1.165) is 25.1 Å². The fraction of sp³-hybridized carbons (Fsp3) is 0.562. The third-order valence-electron chi connectivity index (χ3n) is 5.52. The highest BCUT2D eigenvalue weighted by atomic mass is 19.1. The van der Waals surface area contributed by atoms with Gasteiger partial charge in [0, 0.05) is 17.8 Å². The Kier molecular flexibility index (Phi) is 2.76. The molecule has 0 radical (unpaired) electrons. The van der Waals surface area contributed by atoms with Gasteiger partial charge in [0.2, 0.25) is 0 Å². The van der Waals surface area contributed by atoms with Crippen LogP contribution in [0.1, 0.15) is 25.7 Å². The second-order valence-electron chi connectivity index (χ2n) is 6.67. The van der Waals surface area contributed by atoms with Crippen molar-refractivity contribution in [2.45, 2.75) is 43.3 Å². The number of guanidine groups is 1. The standard InChI is InChI=1S/C16H21FN4/c1-20-13-5-6-14(20)9-16(8-13)10-19-15(18)21(16)12-4-2-3-11(17)7-12/h2-4,7,13-14H,5-6,8-10H2,1H3,(H2,18,19). The number of aliphatic imine (C=N–C) groups is 1. The summed E-state index contributed by atoms with van der Waals surface area (Å²) in [7, 11) is 2.22. The summed E-state index contributed by atoms with van der Waals surface area (Å²) in [5.41, 5.74) is 6.92. The van der Waals surface area contributed by atoms with Gasteiger partial charge in [-0.25, -0.2) is 4.39 Å². The third-order valence-corrected chi connectivity index (χ3v) is 5.52. The Balaban J connectivity index is 1.73. The van der Waals surface area contributed by atoms with Gasteiger partial charge in [-0.05, 0) is 50.9 Å². The van der Waals surface area contributed by atoms with Gasteiger partial charge in [0.15, 0.2) is 5.96 Å². The van der Waals surface area contributed by atoms with Crippen LogP contribution in [-0.2, 0) is 0 Å². The van der Waals surface area contributed by atoms with Crippen molar-refractivity contribution in [3.63, 3.8) is 0 Å². The maximum Gasteiger partial charge on any atom is 0.196 e. The summed E-state index contributed by atoms with van der Waals surface area (Å²) in [6.07, 6.45) is 4.61. The minimum Gasteiger partial charge on any atom is -0.369 e. The van der Waals surface area contributed by atoms with Gasteiger partial charge in [0.1, 0.15) is 5.82 Å². The van der Waals surface area contributed by atoms with E-state index in [0.29, 0.717) is 18.0 Å². The Morgan fingerprint density at radius 3 is 2.67 bits per heavy atom. The first-order valence-corrected chi connectivity index (χ1v) is 7.67. The minimum atomic E-state index is -0.224. The van der Waals surface area contributed by atoms with Gasteiger partial charge < -0.3 is 15.5 Å². The molecule has 0 aromatic heterocycles.